The molecule has 0 heterocycles. The predicted molar refractivity (Wildman–Crippen MR) is 99.9 cm³/mol. The maximum absolute atomic E-state index is 9.77. The van der Waals surface area contributed by atoms with Gasteiger partial charge in [0.15, 0.2) is 0 Å². The molecule has 0 saturated carbocycles. The van der Waals surface area contributed by atoms with Gasteiger partial charge in [-0.1, -0.05) is 50.3 Å². The Labute approximate surface area is 137 Å². The fourth-order valence-corrected chi connectivity index (χ4v) is 2.53. The largest absolute Gasteiger partial charge is 0.508 e. The molecule has 23 heavy (non-hydrogen) atoms. The Kier molecular flexibility index (Phi) is 5.42. The minimum atomic E-state index is 0.232. The van der Waals surface area contributed by atoms with Gasteiger partial charge < -0.3 is 10.2 Å². The molecule has 2 N–H and O–H groups in total. The first-order valence-electron chi connectivity index (χ1n) is 7.87. The molecular formula is C21H22O2. The number of benzene rings is 3. The highest BCUT2D eigenvalue weighted by atomic mass is 16.3. The van der Waals surface area contributed by atoms with Gasteiger partial charge in [-0.25, -0.2) is 0 Å². The quantitative estimate of drug-likeness (QED) is 0.336. The van der Waals surface area contributed by atoms with E-state index in [2.05, 4.69) is 6.07 Å². The molecule has 2 nitrogen and oxygen atoms in total. The molecule has 0 unspecified atom stereocenters. The van der Waals surface area contributed by atoms with Crippen molar-refractivity contribution in [3.05, 3.63) is 72.0 Å². The van der Waals surface area contributed by atoms with Crippen molar-refractivity contribution in [3.63, 3.8) is 0 Å². The molecule has 0 aliphatic rings. The van der Waals surface area contributed by atoms with Gasteiger partial charge in [-0.05, 0) is 64.4 Å². The molecule has 2 heteroatoms. The summed E-state index contributed by atoms with van der Waals surface area (Å²) >= 11 is 0. The van der Waals surface area contributed by atoms with Crippen molar-refractivity contribution in [2.75, 3.05) is 0 Å². The van der Waals surface area contributed by atoms with Gasteiger partial charge in [0.05, 0.1) is 0 Å². The summed E-state index contributed by atoms with van der Waals surface area (Å²) in [6.45, 7) is 5.79. The zero-order valence-electron chi connectivity index (χ0n) is 13.7. The van der Waals surface area contributed by atoms with Crippen LogP contribution >= 0.6 is 0 Å². The number of fused-ring (bicyclic) bond motifs is 3. The van der Waals surface area contributed by atoms with E-state index in [-0.39, 0.29) is 11.5 Å². The van der Waals surface area contributed by atoms with E-state index >= 15 is 0 Å². The van der Waals surface area contributed by atoms with Crippen LogP contribution in [0.15, 0.2) is 66.4 Å². The van der Waals surface area contributed by atoms with Crippen molar-refractivity contribution in [2.45, 2.75) is 20.8 Å². The van der Waals surface area contributed by atoms with Crippen molar-refractivity contribution in [1.82, 2.24) is 0 Å². The molecule has 3 aromatic carbocycles. The van der Waals surface area contributed by atoms with Crippen molar-refractivity contribution < 1.29 is 10.2 Å². The van der Waals surface area contributed by atoms with E-state index < -0.39 is 0 Å². The number of allylic oxidation sites excluding steroid dienone is 2. The van der Waals surface area contributed by atoms with Crippen LogP contribution in [-0.2, 0) is 0 Å². The van der Waals surface area contributed by atoms with Crippen LogP contribution in [0.4, 0.5) is 0 Å². The van der Waals surface area contributed by atoms with Crippen LogP contribution < -0.4 is 0 Å². The number of phenols is 1. The minimum absolute atomic E-state index is 0.232. The molecule has 0 amide bonds. The first kappa shape index (κ1) is 16.6. The lowest BCUT2D eigenvalue weighted by Crippen LogP contribution is -1.83. The molecule has 0 aliphatic carbocycles. The van der Waals surface area contributed by atoms with Gasteiger partial charge in [0.1, 0.15) is 11.5 Å². The number of phenolic OH excluding ortho intramolecular Hbond substituents is 1. The molecule has 0 aromatic heterocycles. The monoisotopic (exact) mass is 306 g/mol. The van der Waals surface area contributed by atoms with Crippen LogP contribution in [-0.4, -0.2) is 10.2 Å². The molecule has 0 bridgehead atoms. The lowest BCUT2D eigenvalue weighted by molar-refractivity contribution is 0.432. The van der Waals surface area contributed by atoms with Gasteiger partial charge in [-0.15, -0.1) is 0 Å². The van der Waals surface area contributed by atoms with Gasteiger partial charge in [0.25, 0.3) is 0 Å². The molecular weight excluding hydrogens is 284 g/mol. The molecule has 0 radical (unpaired) electrons. The summed E-state index contributed by atoms with van der Waals surface area (Å²) in [5.41, 5.74) is 1.01. The minimum Gasteiger partial charge on any atom is -0.508 e. The van der Waals surface area contributed by atoms with Gasteiger partial charge in [0.2, 0.25) is 0 Å². The summed E-state index contributed by atoms with van der Waals surface area (Å²) in [6, 6.07) is 15.5. The second-order valence-electron chi connectivity index (χ2n) is 4.96. The Hall–Kier alpha value is -2.74. The second-order valence-corrected chi connectivity index (χ2v) is 4.96. The molecule has 3 rings (SSSR count). The van der Waals surface area contributed by atoms with Crippen LogP contribution in [0.3, 0.4) is 0 Å². The van der Waals surface area contributed by atoms with Gasteiger partial charge in [-0.3, -0.25) is 0 Å². The predicted octanol–water partition coefficient (Wildman–Crippen LogP) is 6.20. The maximum Gasteiger partial charge on any atom is 0.116 e. The molecule has 0 saturated heterocycles. The standard InChI is InChI=1S/C19H16O2.C2H6/c1-2-15(20)8-7-14-11-13-5-3-4-6-17(13)19-12-16(21)9-10-18(14)19;1-2/h2-12,20-21H,1H3;1-2H3/b8-7-,15-2+;. The molecule has 0 atom stereocenters. The third kappa shape index (κ3) is 3.54. The number of rotatable bonds is 2. The second kappa shape index (κ2) is 7.50. The van der Waals surface area contributed by atoms with Crippen LogP contribution in [0.5, 0.6) is 5.75 Å². The summed E-state index contributed by atoms with van der Waals surface area (Å²) in [7, 11) is 0. The summed E-state index contributed by atoms with van der Waals surface area (Å²) in [4.78, 5) is 0. The van der Waals surface area contributed by atoms with E-state index in [1.807, 2.05) is 50.3 Å². The highest BCUT2D eigenvalue weighted by molar-refractivity contribution is 6.11. The van der Waals surface area contributed by atoms with E-state index in [0.717, 1.165) is 27.1 Å². The first-order chi connectivity index (χ1) is 11.2. The zero-order chi connectivity index (χ0) is 16.8. The van der Waals surface area contributed by atoms with Crippen molar-refractivity contribution in [1.29, 1.82) is 0 Å². The van der Waals surface area contributed by atoms with Crippen LogP contribution in [0, 0.1) is 0 Å². The normalized spacial score (nSPS) is 11.7. The fourth-order valence-electron chi connectivity index (χ4n) is 2.53. The topological polar surface area (TPSA) is 40.5 Å². The Morgan fingerprint density at radius 3 is 2.39 bits per heavy atom. The highest BCUT2D eigenvalue weighted by Crippen LogP contribution is 2.32. The van der Waals surface area contributed by atoms with Gasteiger partial charge in [-0.2, -0.15) is 0 Å². The van der Waals surface area contributed by atoms with E-state index in [1.54, 1.807) is 31.2 Å². The van der Waals surface area contributed by atoms with Crippen molar-refractivity contribution >= 4 is 27.6 Å². The maximum atomic E-state index is 9.77. The smallest absolute Gasteiger partial charge is 0.116 e. The van der Waals surface area contributed by atoms with Gasteiger partial charge in [0, 0.05) is 0 Å². The highest BCUT2D eigenvalue weighted by Gasteiger charge is 2.05. The molecule has 0 aliphatic heterocycles. The van der Waals surface area contributed by atoms with E-state index in [4.69, 9.17) is 0 Å². The number of aromatic hydroxyl groups is 1. The third-order valence-corrected chi connectivity index (χ3v) is 3.61. The number of aliphatic hydroxyl groups is 1. The summed E-state index contributed by atoms with van der Waals surface area (Å²) in [5, 5.41) is 23.6. The molecule has 0 fully saturated rings. The lowest BCUT2D eigenvalue weighted by Gasteiger charge is -2.08. The summed E-state index contributed by atoms with van der Waals surface area (Å²) in [5.74, 6) is 0.486. The SMILES string of the molecule is C/C=C(O)\C=C/c1cc2ccccc2c2cc(O)ccc12.CC. The van der Waals surface area contributed by atoms with Gasteiger partial charge >= 0.3 is 0 Å². The number of hydrogen-bond donors (Lipinski definition) is 2. The Balaban J connectivity index is 0.000000924. The third-order valence-electron chi connectivity index (χ3n) is 3.61. The fraction of sp³-hybridized carbons (Fsp3) is 0.143. The van der Waals surface area contributed by atoms with Crippen LogP contribution in [0.25, 0.3) is 27.6 Å². The van der Waals surface area contributed by atoms with Crippen LogP contribution in [0.1, 0.15) is 26.3 Å². The molecule has 118 valence electrons. The van der Waals surface area contributed by atoms with Crippen molar-refractivity contribution in [3.8, 4) is 5.75 Å². The van der Waals surface area contributed by atoms with E-state index in [1.165, 1.54) is 0 Å². The molecule has 0 spiro atoms. The number of hydrogen-bond acceptors (Lipinski definition) is 2. The average molecular weight is 306 g/mol. The average Bonchev–Trinajstić information content (AvgIpc) is 2.61. The van der Waals surface area contributed by atoms with Crippen LogP contribution in [0.2, 0.25) is 0 Å². The Bertz CT molecular complexity index is 874. The van der Waals surface area contributed by atoms with E-state index in [0.29, 0.717) is 0 Å². The molecule has 3 aromatic rings. The summed E-state index contributed by atoms with van der Waals surface area (Å²) in [6.07, 6.45) is 5.21. The summed E-state index contributed by atoms with van der Waals surface area (Å²) < 4.78 is 0. The Morgan fingerprint density at radius 2 is 1.65 bits per heavy atom. The van der Waals surface area contributed by atoms with E-state index in [9.17, 15) is 10.2 Å². The first-order valence-corrected chi connectivity index (χ1v) is 7.87. The lowest BCUT2D eigenvalue weighted by atomic mass is 9.96. The Morgan fingerprint density at radius 1 is 0.913 bits per heavy atom. The van der Waals surface area contributed by atoms with Crippen molar-refractivity contribution in [2.24, 2.45) is 0 Å². The zero-order valence-corrected chi connectivity index (χ0v) is 13.7. The number of aliphatic hydroxyl groups excluding tert-OH is 1.